The first-order valence-electron chi connectivity index (χ1n) is 10.0. The van der Waals surface area contributed by atoms with Crippen LogP contribution in [0.2, 0.25) is 0 Å². The van der Waals surface area contributed by atoms with Crippen molar-refractivity contribution in [3.8, 4) is 0 Å². The van der Waals surface area contributed by atoms with Gasteiger partial charge in [0.25, 0.3) is 0 Å². The SMILES string of the molecule is CS(=O)(=O)N(C/C=C\CN(C(=O)OCc1ccccc1)S(C)(=O)=O)C(=O)OCc1ccccc1. The van der Waals surface area contributed by atoms with Crippen molar-refractivity contribution < 1.29 is 35.9 Å². The largest absolute Gasteiger partial charge is 0.444 e. The number of benzene rings is 2. The van der Waals surface area contributed by atoms with Crippen molar-refractivity contribution in [2.75, 3.05) is 25.6 Å². The molecule has 0 unspecified atom stereocenters. The fourth-order valence-electron chi connectivity index (χ4n) is 2.61. The minimum atomic E-state index is -3.97. The van der Waals surface area contributed by atoms with E-state index in [2.05, 4.69) is 0 Å². The maximum Gasteiger partial charge on any atom is 0.424 e. The van der Waals surface area contributed by atoms with Crippen molar-refractivity contribution in [2.24, 2.45) is 0 Å². The summed E-state index contributed by atoms with van der Waals surface area (Å²) in [5.74, 6) is 0. The average molecular weight is 511 g/mol. The molecule has 2 rings (SSSR count). The third kappa shape index (κ3) is 8.87. The summed E-state index contributed by atoms with van der Waals surface area (Å²) >= 11 is 0. The number of hydrogen-bond acceptors (Lipinski definition) is 8. The molecule has 0 aliphatic heterocycles. The molecule has 0 saturated carbocycles. The van der Waals surface area contributed by atoms with E-state index in [1.54, 1.807) is 60.7 Å². The van der Waals surface area contributed by atoms with Crippen LogP contribution in [0.25, 0.3) is 0 Å². The van der Waals surface area contributed by atoms with Gasteiger partial charge in [-0.25, -0.2) is 35.0 Å². The van der Waals surface area contributed by atoms with Gasteiger partial charge in [-0.1, -0.05) is 72.8 Å². The molecule has 0 aliphatic rings. The molecule has 0 bridgehead atoms. The summed E-state index contributed by atoms with van der Waals surface area (Å²) in [6.45, 7) is -1.07. The smallest absolute Gasteiger partial charge is 0.424 e. The summed E-state index contributed by atoms with van der Waals surface area (Å²) in [5.41, 5.74) is 1.36. The van der Waals surface area contributed by atoms with Crippen LogP contribution < -0.4 is 0 Å². The second-order valence-corrected chi connectivity index (χ2v) is 11.0. The van der Waals surface area contributed by atoms with Crippen LogP contribution in [0, 0.1) is 0 Å². The van der Waals surface area contributed by atoms with Gasteiger partial charge in [0.2, 0.25) is 20.0 Å². The Labute approximate surface area is 199 Å². The van der Waals surface area contributed by atoms with Crippen LogP contribution in [0.3, 0.4) is 0 Å². The topological polar surface area (TPSA) is 127 Å². The van der Waals surface area contributed by atoms with Gasteiger partial charge in [0.05, 0.1) is 25.6 Å². The zero-order valence-corrected chi connectivity index (χ0v) is 20.4. The maximum atomic E-state index is 12.3. The van der Waals surface area contributed by atoms with Gasteiger partial charge < -0.3 is 9.47 Å². The average Bonchev–Trinajstić information content (AvgIpc) is 2.78. The molecule has 10 nitrogen and oxygen atoms in total. The molecule has 0 radical (unpaired) electrons. The lowest BCUT2D eigenvalue weighted by Crippen LogP contribution is -2.37. The number of nitrogens with zero attached hydrogens (tertiary/aromatic N) is 2. The predicted molar refractivity (Wildman–Crippen MR) is 125 cm³/mol. The highest BCUT2D eigenvalue weighted by atomic mass is 32.2. The molecule has 34 heavy (non-hydrogen) atoms. The molecule has 0 spiro atoms. The van der Waals surface area contributed by atoms with E-state index in [4.69, 9.17) is 9.47 Å². The van der Waals surface area contributed by atoms with E-state index in [1.165, 1.54) is 12.2 Å². The fraction of sp³-hybridized carbons (Fsp3) is 0.273. The number of sulfonamides is 2. The molecule has 12 heteroatoms. The Hall–Kier alpha value is -3.38. The summed E-state index contributed by atoms with van der Waals surface area (Å²) in [7, 11) is -7.94. The minimum Gasteiger partial charge on any atom is -0.444 e. The fourth-order valence-corrected chi connectivity index (χ4v) is 3.97. The highest BCUT2D eigenvalue weighted by Crippen LogP contribution is 2.09. The van der Waals surface area contributed by atoms with Crippen molar-refractivity contribution in [3.63, 3.8) is 0 Å². The second-order valence-electron chi connectivity index (χ2n) is 7.14. The molecule has 0 N–H and O–H groups in total. The number of amides is 2. The second kappa shape index (κ2) is 12.2. The van der Waals surface area contributed by atoms with Crippen LogP contribution in [0.1, 0.15) is 11.1 Å². The van der Waals surface area contributed by atoms with Crippen LogP contribution in [0.5, 0.6) is 0 Å². The Kier molecular flexibility index (Phi) is 9.63. The van der Waals surface area contributed by atoms with Gasteiger partial charge in [-0.15, -0.1) is 0 Å². The van der Waals surface area contributed by atoms with Crippen molar-refractivity contribution >= 4 is 32.2 Å². The van der Waals surface area contributed by atoms with Crippen molar-refractivity contribution in [2.45, 2.75) is 13.2 Å². The lowest BCUT2D eigenvalue weighted by molar-refractivity contribution is 0.120. The molecule has 0 fully saturated rings. The number of ether oxygens (including phenoxy) is 2. The summed E-state index contributed by atoms with van der Waals surface area (Å²) in [5, 5.41) is 0. The van der Waals surface area contributed by atoms with Crippen LogP contribution in [-0.2, 0) is 42.7 Å². The van der Waals surface area contributed by atoms with Gasteiger partial charge in [-0.05, 0) is 11.1 Å². The molecular formula is C22H26N2O8S2. The highest BCUT2D eigenvalue weighted by molar-refractivity contribution is 7.89. The Morgan fingerprint density at radius 3 is 1.29 bits per heavy atom. The number of carbonyl (C=O) groups excluding carboxylic acids is 2. The molecule has 2 aromatic carbocycles. The zero-order valence-electron chi connectivity index (χ0n) is 18.7. The standard InChI is InChI=1S/C22H26N2O8S2/c1-33(27,28)23(21(25)31-17-19-11-5-3-6-12-19)15-9-10-16-24(34(2,29)30)22(26)32-18-20-13-7-4-8-14-20/h3-14H,15-18H2,1-2H3/b10-9-. The number of rotatable bonds is 10. The van der Waals surface area contributed by atoms with Gasteiger partial charge in [-0.2, -0.15) is 0 Å². The molecule has 0 aliphatic carbocycles. The normalized spacial score (nSPS) is 11.7. The van der Waals surface area contributed by atoms with Gasteiger partial charge in [0.1, 0.15) is 13.2 Å². The summed E-state index contributed by atoms with van der Waals surface area (Å²) in [6.07, 6.45) is 2.00. The summed E-state index contributed by atoms with van der Waals surface area (Å²) in [6, 6.07) is 17.4. The first kappa shape index (κ1) is 26.9. The third-order valence-corrected chi connectivity index (χ3v) is 6.52. The van der Waals surface area contributed by atoms with E-state index in [9.17, 15) is 26.4 Å². The molecule has 0 heterocycles. The van der Waals surface area contributed by atoms with E-state index >= 15 is 0 Å². The highest BCUT2D eigenvalue weighted by Gasteiger charge is 2.25. The third-order valence-electron chi connectivity index (χ3n) is 4.33. The Morgan fingerprint density at radius 2 is 1.00 bits per heavy atom. The molecule has 0 aromatic heterocycles. The molecule has 0 saturated heterocycles. The van der Waals surface area contributed by atoms with E-state index in [0.29, 0.717) is 19.7 Å². The van der Waals surface area contributed by atoms with E-state index in [0.717, 1.165) is 12.5 Å². The maximum absolute atomic E-state index is 12.3. The molecule has 2 aromatic rings. The molecule has 184 valence electrons. The first-order chi connectivity index (χ1) is 16.0. The van der Waals surface area contributed by atoms with Gasteiger partial charge in [0.15, 0.2) is 0 Å². The lowest BCUT2D eigenvalue weighted by Gasteiger charge is -2.19. The molecular weight excluding hydrogens is 484 g/mol. The van der Waals surface area contributed by atoms with Gasteiger partial charge in [0, 0.05) is 0 Å². The quantitative estimate of drug-likeness (QED) is 0.447. The predicted octanol–water partition coefficient (Wildman–Crippen LogP) is 2.74. The van der Waals surface area contributed by atoms with E-state index < -0.39 is 45.3 Å². The Morgan fingerprint density at radius 1 is 0.676 bits per heavy atom. The van der Waals surface area contributed by atoms with Crippen LogP contribution in [-0.4, -0.2) is 63.2 Å². The Bertz CT molecular complexity index is 1100. The lowest BCUT2D eigenvalue weighted by atomic mass is 10.2. The van der Waals surface area contributed by atoms with Crippen molar-refractivity contribution in [1.29, 1.82) is 0 Å². The van der Waals surface area contributed by atoms with Crippen LogP contribution in [0.4, 0.5) is 9.59 Å². The molecule has 0 atom stereocenters. The monoisotopic (exact) mass is 510 g/mol. The Balaban J connectivity index is 1.98. The summed E-state index contributed by atoms with van der Waals surface area (Å²) in [4.78, 5) is 24.6. The van der Waals surface area contributed by atoms with Gasteiger partial charge in [-0.3, -0.25) is 0 Å². The van der Waals surface area contributed by atoms with Crippen LogP contribution in [0.15, 0.2) is 72.8 Å². The van der Waals surface area contributed by atoms with Crippen LogP contribution >= 0.6 is 0 Å². The van der Waals surface area contributed by atoms with Gasteiger partial charge >= 0.3 is 12.2 Å². The van der Waals surface area contributed by atoms with E-state index in [-0.39, 0.29) is 13.2 Å². The first-order valence-corrected chi connectivity index (χ1v) is 13.7. The number of hydrogen-bond donors (Lipinski definition) is 0. The van der Waals surface area contributed by atoms with Crippen molar-refractivity contribution in [1.82, 2.24) is 8.61 Å². The zero-order chi connectivity index (χ0) is 25.2. The van der Waals surface area contributed by atoms with E-state index in [1.807, 2.05) is 0 Å². The number of carbonyl (C=O) groups is 2. The minimum absolute atomic E-state index is 0.121. The molecule has 2 amide bonds. The van der Waals surface area contributed by atoms with Crippen molar-refractivity contribution in [3.05, 3.63) is 83.9 Å². The summed E-state index contributed by atoms with van der Waals surface area (Å²) < 4.78 is 59.1.